The molecule has 0 saturated carbocycles. The summed E-state index contributed by atoms with van der Waals surface area (Å²) in [6.45, 7) is 15.7. The largest absolute Gasteiger partial charge is 0.307 e. The number of hydrogen-bond acceptors (Lipinski definition) is 0. The minimum Gasteiger partial charge on any atom is -0.307 e. The van der Waals surface area contributed by atoms with Crippen LogP contribution in [-0.4, -0.2) is 16.8 Å². The molecule has 0 radical (unpaired) electrons. The van der Waals surface area contributed by atoms with E-state index >= 15 is 8.22 Å². The minimum absolute atomic E-state index is 0.00262. The third-order valence-corrected chi connectivity index (χ3v) is 15.4. The van der Waals surface area contributed by atoms with Gasteiger partial charge in [0.15, 0.2) is 0 Å². The van der Waals surface area contributed by atoms with Crippen molar-refractivity contribution in [2.75, 3.05) is 0 Å². The van der Waals surface area contributed by atoms with Crippen molar-refractivity contribution in [3.63, 3.8) is 0 Å². The molecule has 1 aromatic carbocycles. The molecule has 0 bridgehead atoms. The molecule has 0 aliphatic carbocycles. The molecule has 0 N–H and O–H groups in total. The smallest absolute Gasteiger partial charge is 0.283 e. The summed E-state index contributed by atoms with van der Waals surface area (Å²) >= 11 is 3.56. The fourth-order valence-electron chi connectivity index (χ4n) is 3.69. The van der Waals surface area contributed by atoms with Crippen molar-refractivity contribution >= 4 is 43.1 Å². The van der Waals surface area contributed by atoms with Gasteiger partial charge in [0.05, 0.1) is 0 Å². The van der Waals surface area contributed by atoms with Gasteiger partial charge < -0.3 is 8.22 Å². The van der Waals surface area contributed by atoms with Gasteiger partial charge in [0.2, 0.25) is 0 Å². The van der Waals surface area contributed by atoms with Crippen molar-refractivity contribution in [2.45, 2.75) is 77.6 Å². The van der Waals surface area contributed by atoms with E-state index in [9.17, 15) is 0 Å². The zero-order valence-corrected chi connectivity index (χ0v) is 19.3. The molecule has 0 heterocycles. The Bertz CT molecular complexity index is 526. The second-order valence-corrected chi connectivity index (χ2v) is 17.5. The molecule has 0 aliphatic rings. The number of benzene rings is 1. The zero-order chi connectivity index (χ0) is 18.2. The standard InChI is InChI=1S/C18H31BrF2Si2/c1-12(2)22(20,13(3)4)16-9-10-18(17(19)11-16)23(21,14(5)6)15(7)8/h9-15H,1-8H3. The highest BCUT2D eigenvalue weighted by Crippen LogP contribution is 2.37. The van der Waals surface area contributed by atoms with Crippen LogP contribution in [0.4, 0.5) is 8.22 Å². The van der Waals surface area contributed by atoms with E-state index in [2.05, 4.69) is 15.9 Å². The average Bonchev–Trinajstić information content (AvgIpc) is 2.44. The molecule has 5 heteroatoms. The summed E-state index contributed by atoms with van der Waals surface area (Å²) in [5, 5.41) is 1.55. The van der Waals surface area contributed by atoms with Crippen LogP contribution in [0.5, 0.6) is 0 Å². The SMILES string of the molecule is CC(C)[Si](F)(c1ccc([Si](F)(C(C)C)C(C)C)c(Br)c1)C(C)C. The van der Waals surface area contributed by atoms with Gasteiger partial charge in [0, 0.05) is 4.47 Å². The van der Waals surface area contributed by atoms with Crippen LogP contribution < -0.4 is 10.4 Å². The van der Waals surface area contributed by atoms with E-state index < -0.39 is 16.8 Å². The topological polar surface area (TPSA) is 0 Å². The van der Waals surface area contributed by atoms with E-state index in [1.165, 1.54) is 0 Å². The molecule has 0 nitrogen and oxygen atoms in total. The van der Waals surface area contributed by atoms with E-state index in [0.29, 0.717) is 0 Å². The van der Waals surface area contributed by atoms with E-state index in [0.717, 1.165) is 14.8 Å². The Morgan fingerprint density at radius 2 is 1.13 bits per heavy atom. The Balaban J connectivity index is 3.48. The van der Waals surface area contributed by atoms with Gasteiger partial charge in [0.25, 0.3) is 16.8 Å². The second-order valence-electron chi connectivity index (χ2n) is 7.85. The number of hydrogen-bond donors (Lipinski definition) is 0. The first-order chi connectivity index (χ1) is 10.4. The molecule has 23 heavy (non-hydrogen) atoms. The van der Waals surface area contributed by atoms with Crippen LogP contribution in [0.15, 0.2) is 22.7 Å². The van der Waals surface area contributed by atoms with Crippen molar-refractivity contribution < 1.29 is 8.22 Å². The number of halogens is 3. The van der Waals surface area contributed by atoms with Crippen LogP contribution in [0.3, 0.4) is 0 Å². The molecular formula is C18H31BrF2Si2. The van der Waals surface area contributed by atoms with E-state index in [1.807, 2.05) is 73.6 Å². The van der Waals surface area contributed by atoms with Gasteiger partial charge in [-0.2, -0.15) is 0 Å². The summed E-state index contributed by atoms with van der Waals surface area (Å²) in [4.78, 5) is 0. The lowest BCUT2D eigenvalue weighted by Crippen LogP contribution is -2.53. The van der Waals surface area contributed by atoms with Gasteiger partial charge in [0.1, 0.15) is 0 Å². The Morgan fingerprint density at radius 1 is 0.739 bits per heavy atom. The third kappa shape index (κ3) is 3.66. The summed E-state index contributed by atoms with van der Waals surface area (Å²) in [5.74, 6) is 0. The molecule has 0 unspecified atom stereocenters. The molecule has 0 fully saturated rings. The molecule has 0 aliphatic heterocycles. The fraction of sp³-hybridized carbons (Fsp3) is 0.667. The molecule has 1 rings (SSSR count). The lowest BCUT2D eigenvalue weighted by atomic mass is 10.4. The van der Waals surface area contributed by atoms with Gasteiger partial charge in [-0.1, -0.05) is 83.5 Å². The van der Waals surface area contributed by atoms with Crippen LogP contribution in [0.1, 0.15) is 55.4 Å². The summed E-state index contributed by atoms with van der Waals surface area (Å²) in [6, 6.07) is 5.59. The molecule has 0 spiro atoms. The predicted molar refractivity (Wildman–Crippen MR) is 108 cm³/mol. The van der Waals surface area contributed by atoms with Crippen molar-refractivity contribution in [1.82, 2.24) is 0 Å². The second kappa shape index (κ2) is 7.48. The summed E-state index contributed by atoms with van der Waals surface area (Å²) in [5.41, 5.74) is -0.00916. The van der Waals surface area contributed by atoms with Gasteiger partial charge >= 0.3 is 0 Å². The molecule has 132 valence electrons. The van der Waals surface area contributed by atoms with Crippen LogP contribution in [-0.2, 0) is 0 Å². The van der Waals surface area contributed by atoms with E-state index in [1.54, 1.807) is 0 Å². The van der Waals surface area contributed by atoms with Crippen molar-refractivity contribution in [3.8, 4) is 0 Å². The lowest BCUT2D eigenvalue weighted by molar-refractivity contribution is 0.696. The number of rotatable bonds is 6. The Hall–Kier alpha value is -0.00623. The average molecular weight is 422 g/mol. The first kappa shape index (κ1) is 21.0. The summed E-state index contributed by atoms with van der Waals surface area (Å²) in [7, 11) is -6.20. The molecular weight excluding hydrogens is 390 g/mol. The van der Waals surface area contributed by atoms with Gasteiger partial charge in [-0.25, -0.2) is 0 Å². The monoisotopic (exact) mass is 420 g/mol. The minimum atomic E-state index is -3.12. The highest BCUT2D eigenvalue weighted by molar-refractivity contribution is 9.10. The highest BCUT2D eigenvalue weighted by Gasteiger charge is 2.47. The van der Waals surface area contributed by atoms with Crippen LogP contribution in [0.2, 0.25) is 22.2 Å². The van der Waals surface area contributed by atoms with E-state index in [4.69, 9.17) is 0 Å². The van der Waals surface area contributed by atoms with Crippen LogP contribution in [0.25, 0.3) is 0 Å². The van der Waals surface area contributed by atoms with Crippen LogP contribution >= 0.6 is 15.9 Å². The maximum absolute atomic E-state index is 15.8. The zero-order valence-electron chi connectivity index (χ0n) is 15.7. The molecule has 1 aromatic rings. The molecule has 0 saturated heterocycles. The molecule has 0 atom stereocenters. The summed E-state index contributed by atoms with van der Waals surface area (Å²) in [6.07, 6.45) is 0. The van der Waals surface area contributed by atoms with Crippen molar-refractivity contribution in [3.05, 3.63) is 22.7 Å². The first-order valence-corrected chi connectivity index (χ1v) is 13.4. The van der Waals surface area contributed by atoms with Gasteiger partial charge in [-0.05, 0) is 38.6 Å². The van der Waals surface area contributed by atoms with Crippen molar-refractivity contribution in [2.24, 2.45) is 0 Å². The third-order valence-electron chi connectivity index (χ3n) is 5.19. The quantitative estimate of drug-likeness (QED) is 0.372. The molecule has 0 aromatic heterocycles. The Morgan fingerprint density at radius 3 is 1.43 bits per heavy atom. The van der Waals surface area contributed by atoms with Gasteiger partial charge in [-0.3, -0.25) is 0 Å². The predicted octanol–water partition coefficient (Wildman–Crippen LogP) is 6.33. The molecule has 0 amide bonds. The maximum atomic E-state index is 15.8. The van der Waals surface area contributed by atoms with E-state index in [-0.39, 0.29) is 22.2 Å². The fourth-order valence-corrected chi connectivity index (χ4v) is 11.9. The Labute approximate surface area is 151 Å². The highest BCUT2D eigenvalue weighted by atomic mass is 79.9. The van der Waals surface area contributed by atoms with Gasteiger partial charge in [-0.15, -0.1) is 0 Å². The first-order valence-electron chi connectivity index (χ1n) is 8.58. The van der Waals surface area contributed by atoms with Crippen LogP contribution in [0, 0.1) is 0 Å². The maximum Gasteiger partial charge on any atom is 0.283 e. The lowest BCUT2D eigenvalue weighted by Gasteiger charge is -2.34. The van der Waals surface area contributed by atoms with Crippen molar-refractivity contribution in [1.29, 1.82) is 0 Å². The normalized spacial score (nSPS) is 13.7. The Kier molecular flexibility index (Phi) is 6.84. The summed E-state index contributed by atoms with van der Waals surface area (Å²) < 4.78 is 32.3.